The Hall–Kier alpha value is -4.33. The molecule has 0 aliphatic carbocycles. The lowest BCUT2D eigenvalue weighted by Crippen LogP contribution is -2.58. The van der Waals surface area contributed by atoms with Crippen LogP contribution in [-0.4, -0.2) is 69.1 Å². The zero-order chi connectivity index (χ0) is 27.8. The Balaban J connectivity index is 1.46. The van der Waals surface area contributed by atoms with Crippen molar-refractivity contribution in [1.82, 2.24) is 14.7 Å². The summed E-state index contributed by atoms with van der Waals surface area (Å²) in [4.78, 5) is 43.6. The first-order valence-electron chi connectivity index (χ1n) is 13.1. The van der Waals surface area contributed by atoms with Crippen LogP contribution >= 0.6 is 0 Å². The second kappa shape index (κ2) is 10.1. The van der Waals surface area contributed by atoms with Gasteiger partial charge in [0.05, 0.1) is 0 Å². The molecule has 5 rings (SSSR count). The van der Waals surface area contributed by atoms with Crippen LogP contribution in [-0.2, 0) is 16.9 Å². The highest BCUT2D eigenvalue weighted by molar-refractivity contribution is 5.94. The summed E-state index contributed by atoms with van der Waals surface area (Å²) in [5.74, 6) is -0.163. The van der Waals surface area contributed by atoms with Crippen molar-refractivity contribution >= 4 is 18.1 Å². The first-order valence-corrected chi connectivity index (χ1v) is 13.1. The van der Waals surface area contributed by atoms with Crippen LogP contribution in [0.1, 0.15) is 47.8 Å². The zero-order valence-corrected chi connectivity index (χ0v) is 22.4. The normalized spacial score (nSPS) is 18.3. The number of hydrogen-bond acceptors (Lipinski definition) is 4. The molecule has 3 aromatic rings. The predicted molar refractivity (Wildman–Crippen MR) is 146 cm³/mol. The van der Waals surface area contributed by atoms with E-state index in [-0.39, 0.29) is 12.5 Å². The molecule has 1 N–H and O–H groups in total. The van der Waals surface area contributed by atoms with Gasteiger partial charge in [-0.15, -0.1) is 0 Å². The number of cyclic esters (lactones) is 1. The Morgan fingerprint density at radius 1 is 0.949 bits per heavy atom. The monoisotopic (exact) mass is 527 g/mol. The average molecular weight is 528 g/mol. The molecule has 0 saturated carbocycles. The highest BCUT2D eigenvalue weighted by atomic mass is 16.6. The molecule has 2 saturated heterocycles. The van der Waals surface area contributed by atoms with E-state index < -0.39 is 29.4 Å². The summed E-state index contributed by atoms with van der Waals surface area (Å²) in [5.41, 5.74) is 1.27. The largest absolute Gasteiger partial charge is 0.465 e. The molecule has 1 atom stereocenters. The highest BCUT2D eigenvalue weighted by Gasteiger charge is 2.58. The predicted octanol–water partition coefficient (Wildman–Crippen LogP) is 5.19. The van der Waals surface area contributed by atoms with Crippen LogP contribution in [0.5, 0.6) is 0 Å². The van der Waals surface area contributed by atoms with Gasteiger partial charge in [0.1, 0.15) is 6.04 Å². The van der Waals surface area contributed by atoms with Gasteiger partial charge in [-0.2, -0.15) is 0 Å². The van der Waals surface area contributed by atoms with Crippen LogP contribution in [0.2, 0.25) is 0 Å². The van der Waals surface area contributed by atoms with Crippen LogP contribution in [0.4, 0.5) is 9.59 Å². The van der Waals surface area contributed by atoms with Gasteiger partial charge in [0.15, 0.2) is 5.60 Å². The first kappa shape index (κ1) is 26.3. The Labute approximate surface area is 228 Å². The summed E-state index contributed by atoms with van der Waals surface area (Å²) in [6.07, 6.45) is -1.41. The molecule has 3 amide bonds. The van der Waals surface area contributed by atoms with E-state index in [4.69, 9.17) is 4.74 Å². The Morgan fingerprint density at radius 3 is 2.13 bits per heavy atom. The number of piperazine rings is 1. The molecule has 39 heavy (non-hydrogen) atoms. The van der Waals surface area contributed by atoms with E-state index in [2.05, 4.69) is 0 Å². The quantitative estimate of drug-likeness (QED) is 0.494. The lowest BCUT2D eigenvalue weighted by atomic mass is 9.79. The summed E-state index contributed by atoms with van der Waals surface area (Å²) in [6.45, 7) is 6.71. The number of carbonyl (C=O) groups is 3. The van der Waals surface area contributed by atoms with Gasteiger partial charge in [0, 0.05) is 48.4 Å². The molecule has 2 aliphatic heterocycles. The van der Waals surface area contributed by atoms with Crippen LogP contribution < -0.4 is 0 Å². The second-order valence-electron chi connectivity index (χ2n) is 11.0. The number of carbonyl (C=O) groups excluding carboxylic acids is 2. The first-order chi connectivity index (χ1) is 18.6. The van der Waals surface area contributed by atoms with E-state index in [0.717, 1.165) is 16.7 Å². The number of carboxylic acid groups (broad SMARTS) is 1. The van der Waals surface area contributed by atoms with Crippen molar-refractivity contribution in [2.75, 3.05) is 19.6 Å². The Morgan fingerprint density at radius 2 is 1.56 bits per heavy atom. The molecule has 8 heteroatoms. The van der Waals surface area contributed by atoms with Crippen molar-refractivity contribution in [3.8, 4) is 0 Å². The molecule has 2 fully saturated rings. The zero-order valence-electron chi connectivity index (χ0n) is 22.4. The van der Waals surface area contributed by atoms with Gasteiger partial charge >= 0.3 is 12.2 Å². The number of nitrogens with zero attached hydrogens (tertiary/aromatic N) is 3. The number of hydrogen-bond donors (Lipinski definition) is 1. The maximum absolute atomic E-state index is 13.8. The van der Waals surface area contributed by atoms with Crippen molar-refractivity contribution in [3.63, 3.8) is 0 Å². The van der Waals surface area contributed by atoms with E-state index in [1.165, 1.54) is 4.90 Å². The summed E-state index contributed by atoms with van der Waals surface area (Å²) in [6, 6.07) is 26.1. The van der Waals surface area contributed by atoms with Crippen molar-refractivity contribution in [2.24, 2.45) is 0 Å². The maximum atomic E-state index is 13.8. The minimum atomic E-state index is -1.06. The molecule has 2 aliphatic rings. The number of amides is 3. The molecule has 2 heterocycles. The summed E-state index contributed by atoms with van der Waals surface area (Å²) >= 11 is 0. The third kappa shape index (κ3) is 4.82. The maximum Gasteiger partial charge on any atom is 0.411 e. The standard InChI is InChI=1S/C31H33N3O5/c1-30(2,3)34(28(36)37)20-22-11-10-12-23(19-22)27(35)32-17-18-33-26(21-32)31(39-29(33)38,24-13-6-4-7-14-24)25-15-8-5-9-16-25/h4-16,19,26H,17-18,20-21H2,1-3H3,(H,36,37). The van der Waals surface area contributed by atoms with Gasteiger partial charge in [0.2, 0.25) is 0 Å². The molecule has 1 unspecified atom stereocenters. The molecule has 0 radical (unpaired) electrons. The van der Waals surface area contributed by atoms with Crippen LogP contribution in [0.15, 0.2) is 84.9 Å². The minimum Gasteiger partial charge on any atom is -0.465 e. The molecular weight excluding hydrogens is 494 g/mol. The Bertz CT molecular complexity index is 1330. The number of rotatable bonds is 5. The van der Waals surface area contributed by atoms with Gasteiger partial charge in [0.25, 0.3) is 5.91 Å². The average Bonchev–Trinajstić information content (AvgIpc) is 3.24. The van der Waals surface area contributed by atoms with Crippen LogP contribution in [0.25, 0.3) is 0 Å². The van der Waals surface area contributed by atoms with E-state index >= 15 is 0 Å². The molecule has 202 valence electrons. The Kier molecular flexibility index (Phi) is 6.80. The molecule has 0 aromatic heterocycles. The number of fused-ring (bicyclic) bond motifs is 1. The van der Waals surface area contributed by atoms with Crippen molar-refractivity contribution in [3.05, 3.63) is 107 Å². The van der Waals surface area contributed by atoms with Crippen molar-refractivity contribution in [1.29, 1.82) is 0 Å². The third-order valence-corrected chi connectivity index (χ3v) is 7.58. The fourth-order valence-corrected chi connectivity index (χ4v) is 5.60. The van der Waals surface area contributed by atoms with E-state index in [0.29, 0.717) is 25.2 Å². The fourth-order valence-electron chi connectivity index (χ4n) is 5.60. The SMILES string of the molecule is CC(C)(C)N(Cc1cccc(C(=O)N2CCN3C(=O)OC(c4ccccc4)(c4ccccc4)C3C2)c1)C(=O)O. The van der Waals surface area contributed by atoms with E-state index in [1.54, 1.807) is 28.0 Å². The summed E-state index contributed by atoms with van der Waals surface area (Å²) < 4.78 is 6.21. The fraction of sp³-hybridized carbons (Fsp3) is 0.323. The van der Waals surface area contributed by atoms with Gasteiger partial charge in [-0.25, -0.2) is 9.59 Å². The summed E-state index contributed by atoms with van der Waals surface area (Å²) in [7, 11) is 0. The molecule has 0 spiro atoms. The lowest BCUT2D eigenvalue weighted by molar-refractivity contribution is 0.0372. The smallest absolute Gasteiger partial charge is 0.411 e. The second-order valence-corrected chi connectivity index (χ2v) is 11.0. The summed E-state index contributed by atoms with van der Waals surface area (Å²) in [5, 5.41) is 9.70. The van der Waals surface area contributed by atoms with E-state index in [1.807, 2.05) is 87.5 Å². The third-order valence-electron chi connectivity index (χ3n) is 7.58. The number of ether oxygens (including phenoxy) is 1. The van der Waals surface area contributed by atoms with Gasteiger partial charge in [-0.3, -0.25) is 14.6 Å². The molecule has 3 aromatic carbocycles. The molecule has 8 nitrogen and oxygen atoms in total. The van der Waals surface area contributed by atoms with Gasteiger partial charge < -0.3 is 14.7 Å². The highest BCUT2D eigenvalue weighted by Crippen LogP contribution is 2.45. The van der Waals surface area contributed by atoms with Crippen molar-refractivity contribution in [2.45, 2.75) is 44.5 Å². The van der Waals surface area contributed by atoms with E-state index in [9.17, 15) is 19.5 Å². The van der Waals surface area contributed by atoms with Crippen LogP contribution in [0, 0.1) is 0 Å². The molecule has 0 bridgehead atoms. The van der Waals surface area contributed by atoms with Crippen LogP contribution in [0.3, 0.4) is 0 Å². The lowest BCUT2D eigenvalue weighted by Gasteiger charge is -2.42. The minimum absolute atomic E-state index is 0.163. The number of benzene rings is 3. The molecular formula is C31H33N3O5. The van der Waals surface area contributed by atoms with Gasteiger partial charge in [-0.05, 0) is 38.5 Å². The topological polar surface area (TPSA) is 90.4 Å². The van der Waals surface area contributed by atoms with Gasteiger partial charge in [-0.1, -0.05) is 72.8 Å². The van der Waals surface area contributed by atoms with Crippen molar-refractivity contribution < 1.29 is 24.2 Å².